The van der Waals surface area contributed by atoms with Crippen molar-refractivity contribution in [1.29, 1.82) is 0 Å². The van der Waals surface area contributed by atoms with Crippen LogP contribution in [0.2, 0.25) is 0 Å². The Bertz CT molecular complexity index is 618. The molecule has 0 bridgehead atoms. The number of benzene rings is 1. The lowest BCUT2D eigenvalue weighted by molar-refractivity contribution is -0.133. The summed E-state index contributed by atoms with van der Waals surface area (Å²) in [5, 5.41) is 4.50. The van der Waals surface area contributed by atoms with Crippen LogP contribution in [-0.4, -0.2) is 29.4 Å². The molecule has 1 saturated carbocycles. The molecular formula is C18H23N3O2. The van der Waals surface area contributed by atoms with Crippen LogP contribution in [0.15, 0.2) is 30.3 Å². The second-order valence-electron chi connectivity index (χ2n) is 6.12. The average molecular weight is 313 g/mol. The monoisotopic (exact) mass is 313 g/mol. The number of hydrogen-bond donors (Lipinski definition) is 2. The van der Waals surface area contributed by atoms with Crippen molar-refractivity contribution in [1.82, 2.24) is 15.8 Å². The van der Waals surface area contributed by atoms with E-state index in [0.717, 1.165) is 30.5 Å². The van der Waals surface area contributed by atoms with Gasteiger partial charge < -0.3 is 5.32 Å². The molecule has 1 aliphatic heterocycles. The maximum absolute atomic E-state index is 12.0. The Hall–Kier alpha value is -2.30. The summed E-state index contributed by atoms with van der Waals surface area (Å²) in [7, 11) is 0. The number of rotatable bonds is 6. The number of hydrazine groups is 1. The van der Waals surface area contributed by atoms with E-state index in [0.29, 0.717) is 25.4 Å². The number of amides is 2. The number of hydrogen-bond acceptors (Lipinski definition) is 3. The van der Waals surface area contributed by atoms with Crippen LogP contribution in [0.5, 0.6) is 0 Å². The van der Waals surface area contributed by atoms with Crippen molar-refractivity contribution >= 4 is 17.5 Å². The number of nitrogens with zero attached hydrogens (tertiary/aromatic N) is 1. The highest BCUT2D eigenvalue weighted by atomic mass is 16.2. The van der Waals surface area contributed by atoms with E-state index in [1.165, 1.54) is 5.56 Å². The van der Waals surface area contributed by atoms with Crippen molar-refractivity contribution in [2.24, 2.45) is 0 Å². The van der Waals surface area contributed by atoms with Crippen LogP contribution in [-0.2, 0) is 16.0 Å². The van der Waals surface area contributed by atoms with Gasteiger partial charge in [0.15, 0.2) is 0 Å². The van der Waals surface area contributed by atoms with Gasteiger partial charge in [0.05, 0.1) is 12.2 Å². The normalized spacial score (nSPS) is 17.5. The third-order valence-corrected chi connectivity index (χ3v) is 4.22. The quantitative estimate of drug-likeness (QED) is 0.844. The fraction of sp³-hybridized carbons (Fsp3) is 0.444. The number of carbonyl (C=O) groups is 2. The lowest BCUT2D eigenvalue weighted by Gasteiger charge is -2.29. The molecule has 23 heavy (non-hydrogen) atoms. The first-order valence-electron chi connectivity index (χ1n) is 8.31. The van der Waals surface area contributed by atoms with Crippen molar-refractivity contribution < 1.29 is 9.59 Å². The zero-order valence-electron chi connectivity index (χ0n) is 13.5. The minimum absolute atomic E-state index is 0.00171. The van der Waals surface area contributed by atoms with Gasteiger partial charge in [0, 0.05) is 18.9 Å². The van der Waals surface area contributed by atoms with Crippen LogP contribution in [0.1, 0.15) is 43.7 Å². The van der Waals surface area contributed by atoms with Gasteiger partial charge in [0.2, 0.25) is 11.8 Å². The Labute approximate surface area is 136 Å². The largest absolute Gasteiger partial charge is 0.353 e. The van der Waals surface area contributed by atoms with E-state index in [4.69, 9.17) is 0 Å². The van der Waals surface area contributed by atoms with Gasteiger partial charge in [-0.15, -0.1) is 0 Å². The van der Waals surface area contributed by atoms with E-state index < -0.39 is 0 Å². The van der Waals surface area contributed by atoms with Crippen LogP contribution in [0.3, 0.4) is 0 Å². The third kappa shape index (κ3) is 4.12. The number of aryl methyl sites for hydroxylation is 1. The summed E-state index contributed by atoms with van der Waals surface area (Å²) in [6, 6.07) is 8.68. The summed E-state index contributed by atoms with van der Waals surface area (Å²) < 4.78 is 0. The van der Waals surface area contributed by atoms with Crippen LogP contribution in [0, 0.1) is 0 Å². The highest BCUT2D eigenvalue weighted by Crippen LogP contribution is 2.20. The smallest absolute Gasteiger partial charge is 0.244 e. The molecule has 0 radical (unpaired) electrons. The van der Waals surface area contributed by atoms with Crippen molar-refractivity contribution in [3.63, 3.8) is 0 Å². The highest BCUT2D eigenvalue weighted by Gasteiger charge is 2.24. The average Bonchev–Trinajstić information content (AvgIpc) is 3.38. The van der Waals surface area contributed by atoms with E-state index in [1.807, 2.05) is 6.08 Å². The fourth-order valence-corrected chi connectivity index (χ4v) is 2.58. The molecule has 122 valence electrons. The molecule has 0 spiro atoms. The van der Waals surface area contributed by atoms with Crippen LogP contribution in [0.4, 0.5) is 0 Å². The summed E-state index contributed by atoms with van der Waals surface area (Å²) >= 11 is 0. The first-order chi connectivity index (χ1) is 11.2. The predicted molar refractivity (Wildman–Crippen MR) is 89.0 cm³/mol. The Morgan fingerprint density at radius 3 is 2.70 bits per heavy atom. The lowest BCUT2D eigenvalue weighted by Crippen LogP contribution is -2.46. The predicted octanol–water partition coefficient (Wildman–Crippen LogP) is 2.00. The zero-order valence-corrected chi connectivity index (χ0v) is 13.5. The Balaban J connectivity index is 1.58. The van der Waals surface area contributed by atoms with Crippen molar-refractivity contribution in [3.8, 4) is 0 Å². The first-order valence-corrected chi connectivity index (χ1v) is 8.31. The van der Waals surface area contributed by atoms with Gasteiger partial charge in [-0.25, -0.2) is 0 Å². The van der Waals surface area contributed by atoms with Gasteiger partial charge in [-0.2, -0.15) is 0 Å². The first kappa shape index (κ1) is 15.6. The standard InChI is InChI=1S/C18H23N3O2/c1-2-13-3-5-14(6-4-13)16-9-10-18(23)21(20-16)12-11-17(22)19-15-7-8-15/h3-6,9,15,20H,2,7-8,10-12H2,1H3,(H,19,22). The van der Waals surface area contributed by atoms with Gasteiger partial charge in [0.25, 0.3) is 0 Å². The zero-order chi connectivity index (χ0) is 16.2. The van der Waals surface area contributed by atoms with Gasteiger partial charge in [-0.05, 0) is 36.5 Å². The van der Waals surface area contributed by atoms with Crippen LogP contribution >= 0.6 is 0 Å². The van der Waals surface area contributed by atoms with Crippen LogP contribution < -0.4 is 10.7 Å². The number of nitrogens with one attached hydrogen (secondary N) is 2. The topological polar surface area (TPSA) is 61.4 Å². The highest BCUT2D eigenvalue weighted by molar-refractivity contribution is 5.84. The second kappa shape index (κ2) is 6.86. The molecular weight excluding hydrogens is 290 g/mol. The molecule has 5 nitrogen and oxygen atoms in total. The lowest BCUT2D eigenvalue weighted by atomic mass is 10.1. The Morgan fingerprint density at radius 2 is 2.04 bits per heavy atom. The SMILES string of the molecule is CCc1ccc(C2=CCC(=O)N(CCC(=O)NC3CC3)N2)cc1. The molecule has 0 saturated heterocycles. The van der Waals surface area contributed by atoms with Gasteiger partial charge in [-0.3, -0.25) is 20.0 Å². The molecule has 0 unspecified atom stereocenters. The fourth-order valence-electron chi connectivity index (χ4n) is 2.58. The molecule has 2 amide bonds. The summed E-state index contributed by atoms with van der Waals surface area (Å²) in [5.41, 5.74) is 6.42. The van der Waals surface area contributed by atoms with Crippen LogP contribution in [0.25, 0.3) is 5.70 Å². The molecule has 1 aromatic rings. The van der Waals surface area contributed by atoms with E-state index in [2.05, 4.69) is 41.9 Å². The molecule has 1 aliphatic carbocycles. The summed E-state index contributed by atoms with van der Waals surface area (Å²) in [5.74, 6) is 0.0173. The molecule has 0 atom stereocenters. The van der Waals surface area contributed by atoms with E-state index in [9.17, 15) is 9.59 Å². The summed E-state index contributed by atoms with van der Waals surface area (Å²) in [4.78, 5) is 23.8. The molecule has 3 rings (SSSR count). The van der Waals surface area contributed by atoms with E-state index in [1.54, 1.807) is 5.01 Å². The molecule has 2 N–H and O–H groups in total. The summed E-state index contributed by atoms with van der Waals surface area (Å²) in [6.45, 7) is 2.52. The Morgan fingerprint density at radius 1 is 1.30 bits per heavy atom. The van der Waals surface area contributed by atoms with E-state index >= 15 is 0 Å². The van der Waals surface area contributed by atoms with Gasteiger partial charge in [-0.1, -0.05) is 31.2 Å². The maximum atomic E-state index is 12.0. The molecule has 1 heterocycles. The maximum Gasteiger partial charge on any atom is 0.244 e. The minimum atomic E-state index is -0.00171. The van der Waals surface area contributed by atoms with Crippen molar-refractivity contribution in [3.05, 3.63) is 41.5 Å². The molecule has 1 aromatic carbocycles. The molecule has 5 heteroatoms. The Kier molecular flexibility index (Phi) is 4.65. The van der Waals surface area contributed by atoms with Gasteiger partial charge >= 0.3 is 0 Å². The minimum Gasteiger partial charge on any atom is -0.353 e. The number of carbonyl (C=O) groups excluding carboxylic acids is 2. The second-order valence-corrected chi connectivity index (χ2v) is 6.12. The van der Waals surface area contributed by atoms with E-state index in [-0.39, 0.29) is 11.8 Å². The molecule has 1 fully saturated rings. The summed E-state index contributed by atoms with van der Waals surface area (Å²) in [6.07, 6.45) is 5.76. The van der Waals surface area contributed by atoms with Gasteiger partial charge in [0.1, 0.15) is 0 Å². The molecule has 2 aliphatic rings. The van der Waals surface area contributed by atoms with Crippen molar-refractivity contribution in [2.45, 2.75) is 45.1 Å². The van der Waals surface area contributed by atoms with Crippen molar-refractivity contribution in [2.75, 3.05) is 6.54 Å². The molecule has 0 aromatic heterocycles. The third-order valence-electron chi connectivity index (χ3n) is 4.22.